The number of carbonyl (C=O) groups is 1. The number of halogens is 1. The molecule has 2 rings (SSSR count). The Balaban J connectivity index is 2.03. The number of nitrogens with zero attached hydrogens (tertiary/aromatic N) is 1. The first-order valence-electron chi connectivity index (χ1n) is 6.80. The Morgan fingerprint density at radius 1 is 1.55 bits per heavy atom. The Morgan fingerprint density at radius 2 is 2.35 bits per heavy atom. The van der Waals surface area contributed by atoms with E-state index in [2.05, 4.69) is 0 Å². The van der Waals surface area contributed by atoms with Crippen molar-refractivity contribution in [1.29, 1.82) is 0 Å². The summed E-state index contributed by atoms with van der Waals surface area (Å²) >= 11 is 0. The lowest BCUT2D eigenvalue weighted by Gasteiger charge is -2.37. The van der Waals surface area contributed by atoms with Crippen molar-refractivity contribution < 1.29 is 19.0 Å². The van der Waals surface area contributed by atoms with Gasteiger partial charge in [-0.05, 0) is 30.5 Å². The SMILES string of the molecule is CO[C@H]1CCN(CC(=O)O)C[C@H]1Cc1cccc(F)c1. The molecule has 1 aromatic rings. The fraction of sp³-hybridized carbons (Fsp3) is 0.533. The van der Waals surface area contributed by atoms with E-state index < -0.39 is 5.97 Å². The molecule has 1 saturated heterocycles. The fourth-order valence-corrected chi connectivity index (χ4v) is 2.89. The van der Waals surface area contributed by atoms with Crippen LogP contribution in [-0.4, -0.2) is 48.8 Å². The van der Waals surface area contributed by atoms with Crippen molar-refractivity contribution in [3.8, 4) is 0 Å². The third kappa shape index (κ3) is 4.02. The van der Waals surface area contributed by atoms with E-state index in [0.717, 1.165) is 18.5 Å². The number of ether oxygens (including phenoxy) is 1. The summed E-state index contributed by atoms with van der Waals surface area (Å²) in [6.45, 7) is 1.45. The Morgan fingerprint density at radius 3 is 3.00 bits per heavy atom. The lowest BCUT2D eigenvalue weighted by atomic mass is 9.88. The van der Waals surface area contributed by atoms with Gasteiger partial charge in [-0.25, -0.2) is 4.39 Å². The largest absolute Gasteiger partial charge is 0.480 e. The number of benzene rings is 1. The van der Waals surface area contributed by atoms with Crippen LogP contribution in [0, 0.1) is 11.7 Å². The van der Waals surface area contributed by atoms with Gasteiger partial charge in [0.2, 0.25) is 0 Å². The van der Waals surface area contributed by atoms with E-state index in [-0.39, 0.29) is 24.4 Å². The lowest BCUT2D eigenvalue weighted by Crippen LogP contribution is -2.46. The van der Waals surface area contributed by atoms with Crippen molar-refractivity contribution in [2.75, 3.05) is 26.7 Å². The molecule has 0 bridgehead atoms. The monoisotopic (exact) mass is 281 g/mol. The van der Waals surface area contributed by atoms with Gasteiger partial charge in [0.1, 0.15) is 5.82 Å². The molecular weight excluding hydrogens is 261 g/mol. The molecule has 1 heterocycles. The minimum atomic E-state index is -0.814. The maximum atomic E-state index is 13.2. The first-order chi connectivity index (χ1) is 9.58. The molecule has 0 spiro atoms. The van der Waals surface area contributed by atoms with Crippen LogP contribution in [-0.2, 0) is 16.0 Å². The normalized spacial score (nSPS) is 23.7. The summed E-state index contributed by atoms with van der Waals surface area (Å²) in [5.41, 5.74) is 0.925. The van der Waals surface area contributed by atoms with Crippen molar-refractivity contribution >= 4 is 5.97 Å². The van der Waals surface area contributed by atoms with E-state index in [4.69, 9.17) is 9.84 Å². The van der Waals surface area contributed by atoms with E-state index in [1.54, 1.807) is 13.2 Å². The Hall–Kier alpha value is -1.46. The zero-order valence-electron chi connectivity index (χ0n) is 11.6. The number of aliphatic carboxylic acids is 1. The van der Waals surface area contributed by atoms with Crippen LogP contribution in [0.25, 0.3) is 0 Å². The molecule has 0 amide bonds. The predicted molar refractivity (Wildman–Crippen MR) is 73.1 cm³/mol. The van der Waals surface area contributed by atoms with Crippen molar-refractivity contribution in [3.63, 3.8) is 0 Å². The van der Waals surface area contributed by atoms with Crippen LogP contribution >= 0.6 is 0 Å². The summed E-state index contributed by atoms with van der Waals surface area (Å²) in [5, 5.41) is 8.88. The van der Waals surface area contributed by atoms with E-state index in [1.165, 1.54) is 12.1 Å². The van der Waals surface area contributed by atoms with Gasteiger partial charge in [-0.3, -0.25) is 9.69 Å². The number of likely N-dealkylation sites (tertiary alicyclic amines) is 1. The highest BCUT2D eigenvalue weighted by molar-refractivity contribution is 5.69. The number of hydrogen-bond donors (Lipinski definition) is 1. The fourth-order valence-electron chi connectivity index (χ4n) is 2.89. The molecule has 20 heavy (non-hydrogen) atoms. The minimum absolute atomic E-state index is 0.0517. The van der Waals surface area contributed by atoms with Crippen molar-refractivity contribution in [1.82, 2.24) is 4.90 Å². The Bertz CT molecular complexity index is 466. The van der Waals surface area contributed by atoms with Crippen LogP contribution in [0.1, 0.15) is 12.0 Å². The van der Waals surface area contributed by atoms with Crippen LogP contribution in [0.5, 0.6) is 0 Å². The summed E-state index contributed by atoms with van der Waals surface area (Å²) in [5.74, 6) is -0.866. The van der Waals surface area contributed by atoms with Gasteiger partial charge in [0.15, 0.2) is 0 Å². The molecule has 2 atom stereocenters. The van der Waals surface area contributed by atoms with Crippen molar-refractivity contribution in [2.45, 2.75) is 18.9 Å². The molecular formula is C15H20FNO3. The standard InChI is InChI=1S/C15H20FNO3/c1-20-14-5-6-17(10-15(18)19)9-12(14)7-11-3-2-4-13(16)8-11/h2-4,8,12,14H,5-7,9-10H2,1H3,(H,18,19)/t12-,14+/m1/s1. The molecule has 0 unspecified atom stereocenters. The van der Waals surface area contributed by atoms with Gasteiger partial charge in [0.25, 0.3) is 0 Å². The second-order valence-electron chi connectivity index (χ2n) is 5.29. The second-order valence-corrected chi connectivity index (χ2v) is 5.29. The third-order valence-electron chi connectivity index (χ3n) is 3.80. The molecule has 5 heteroatoms. The number of rotatable bonds is 5. The van der Waals surface area contributed by atoms with Gasteiger partial charge < -0.3 is 9.84 Å². The van der Waals surface area contributed by atoms with Crippen molar-refractivity contribution in [3.05, 3.63) is 35.6 Å². The average molecular weight is 281 g/mol. The predicted octanol–water partition coefficient (Wildman–Crippen LogP) is 1.79. The zero-order chi connectivity index (χ0) is 14.5. The maximum Gasteiger partial charge on any atom is 0.317 e. The minimum Gasteiger partial charge on any atom is -0.480 e. The topological polar surface area (TPSA) is 49.8 Å². The summed E-state index contributed by atoms with van der Waals surface area (Å²) in [6, 6.07) is 6.55. The van der Waals surface area contributed by atoms with Crippen LogP contribution in [0.2, 0.25) is 0 Å². The highest BCUT2D eigenvalue weighted by Crippen LogP contribution is 2.23. The number of piperidine rings is 1. The van der Waals surface area contributed by atoms with Crippen molar-refractivity contribution in [2.24, 2.45) is 5.92 Å². The van der Waals surface area contributed by atoms with Crippen LogP contribution < -0.4 is 0 Å². The second kappa shape index (κ2) is 6.81. The lowest BCUT2D eigenvalue weighted by molar-refractivity contribution is -0.139. The molecule has 1 fully saturated rings. The van der Waals surface area contributed by atoms with E-state index >= 15 is 0 Å². The number of methoxy groups -OCH3 is 1. The van der Waals surface area contributed by atoms with E-state index in [1.807, 2.05) is 11.0 Å². The van der Waals surface area contributed by atoms with Gasteiger partial charge in [0.05, 0.1) is 12.6 Å². The van der Waals surface area contributed by atoms with Crippen LogP contribution in [0.3, 0.4) is 0 Å². The molecule has 1 N–H and O–H groups in total. The summed E-state index contributed by atoms with van der Waals surface area (Å²) in [4.78, 5) is 12.7. The number of carboxylic acid groups (broad SMARTS) is 1. The van der Waals surface area contributed by atoms with Gasteiger partial charge >= 0.3 is 5.97 Å². The number of carboxylic acids is 1. The quantitative estimate of drug-likeness (QED) is 0.894. The third-order valence-corrected chi connectivity index (χ3v) is 3.80. The summed E-state index contributed by atoms with van der Waals surface area (Å²) < 4.78 is 18.7. The molecule has 0 radical (unpaired) electrons. The average Bonchev–Trinajstić information content (AvgIpc) is 2.38. The molecule has 1 aliphatic heterocycles. The van der Waals surface area contributed by atoms with E-state index in [9.17, 15) is 9.18 Å². The molecule has 1 aliphatic rings. The summed E-state index contributed by atoms with van der Waals surface area (Å²) in [6.07, 6.45) is 1.61. The smallest absolute Gasteiger partial charge is 0.317 e. The van der Waals surface area contributed by atoms with E-state index in [0.29, 0.717) is 13.0 Å². The molecule has 4 nitrogen and oxygen atoms in total. The van der Waals surface area contributed by atoms with Crippen LogP contribution in [0.4, 0.5) is 4.39 Å². The maximum absolute atomic E-state index is 13.2. The van der Waals surface area contributed by atoms with Gasteiger partial charge in [-0.15, -0.1) is 0 Å². The highest BCUT2D eigenvalue weighted by Gasteiger charge is 2.30. The zero-order valence-corrected chi connectivity index (χ0v) is 11.6. The molecule has 0 aromatic heterocycles. The molecule has 1 aromatic carbocycles. The van der Waals surface area contributed by atoms with Gasteiger partial charge in [-0.1, -0.05) is 12.1 Å². The highest BCUT2D eigenvalue weighted by atomic mass is 19.1. The first-order valence-corrected chi connectivity index (χ1v) is 6.80. The molecule has 0 aliphatic carbocycles. The number of hydrogen-bond acceptors (Lipinski definition) is 3. The molecule has 110 valence electrons. The Kier molecular flexibility index (Phi) is 5.09. The van der Waals surface area contributed by atoms with Gasteiger partial charge in [-0.2, -0.15) is 0 Å². The summed E-state index contributed by atoms with van der Waals surface area (Å²) in [7, 11) is 1.68. The van der Waals surface area contributed by atoms with Gasteiger partial charge in [0, 0.05) is 26.1 Å². The molecule has 0 saturated carbocycles. The Labute approximate surface area is 118 Å². The van der Waals surface area contributed by atoms with Crippen LogP contribution in [0.15, 0.2) is 24.3 Å². The first kappa shape index (κ1) is 14.9.